The first-order chi connectivity index (χ1) is 10.4. The van der Waals surface area contributed by atoms with Crippen LogP contribution in [0.4, 0.5) is 0 Å². The van der Waals surface area contributed by atoms with Gasteiger partial charge in [0.2, 0.25) is 5.79 Å². The van der Waals surface area contributed by atoms with Crippen LogP contribution in [0.25, 0.3) is 11.1 Å². The maximum absolute atomic E-state index is 6.39. The number of hydrogen-bond acceptors (Lipinski definition) is 5. The Bertz CT molecular complexity index is 757. The van der Waals surface area contributed by atoms with Gasteiger partial charge in [0, 0.05) is 16.7 Å². The van der Waals surface area contributed by atoms with Crippen molar-refractivity contribution < 1.29 is 0 Å². The number of hydrogen-bond donors (Lipinski definition) is 4. The van der Waals surface area contributed by atoms with Gasteiger partial charge in [-0.3, -0.25) is 5.73 Å². The highest BCUT2D eigenvalue weighted by Gasteiger charge is 2.30. The number of nitrogens with two attached hydrogens (primary N) is 1. The third kappa shape index (κ3) is 3.27. The summed E-state index contributed by atoms with van der Waals surface area (Å²) in [4.78, 5) is 4.12. The van der Waals surface area contributed by atoms with Gasteiger partial charge in [-0.05, 0) is 18.2 Å². The molecule has 23 heavy (non-hydrogen) atoms. The molecule has 2 aromatic rings. The maximum Gasteiger partial charge on any atom is 0.206 e. The smallest absolute Gasteiger partial charge is 0.206 e. The average Bonchev–Trinajstić information content (AvgIpc) is 2.91. The molecule has 0 saturated heterocycles. The van der Waals surface area contributed by atoms with Crippen LogP contribution in [-0.2, 0) is 5.79 Å². The van der Waals surface area contributed by atoms with Crippen LogP contribution >= 0.6 is 46.4 Å². The zero-order valence-corrected chi connectivity index (χ0v) is 14.7. The molecule has 9 heteroatoms. The molecule has 2 aromatic carbocycles. The molecule has 1 heterocycles. The van der Waals surface area contributed by atoms with Crippen molar-refractivity contribution in [2.75, 3.05) is 0 Å². The first-order valence-corrected chi connectivity index (χ1v) is 7.73. The predicted octanol–water partition coefficient (Wildman–Crippen LogP) is 4.33. The van der Waals surface area contributed by atoms with Gasteiger partial charge in [-0.15, -0.1) is 0 Å². The number of nitrogens with one attached hydrogen (secondary N) is 2. The largest absolute Gasteiger partial charge is 0.344 e. The Morgan fingerprint density at radius 2 is 1.65 bits per heavy atom. The summed E-state index contributed by atoms with van der Waals surface area (Å²) in [5, 5.41) is 1.62. The second kappa shape index (κ2) is 6.83. The zero-order chi connectivity index (χ0) is 15.9. The lowest BCUT2D eigenvalue weighted by molar-refractivity contribution is 0.375. The lowest BCUT2D eigenvalue weighted by atomic mass is 10.0. The van der Waals surface area contributed by atoms with E-state index in [1.165, 1.54) is 6.34 Å². The van der Waals surface area contributed by atoms with Gasteiger partial charge in [0.15, 0.2) is 0 Å². The van der Waals surface area contributed by atoms with Crippen LogP contribution in [-0.4, -0.2) is 6.34 Å². The first-order valence-electron chi connectivity index (χ1n) is 6.21. The number of aliphatic imine (C=N–C) groups is 1. The van der Waals surface area contributed by atoms with Crippen molar-refractivity contribution in [3.05, 3.63) is 56.0 Å². The van der Waals surface area contributed by atoms with Gasteiger partial charge in [0.05, 0.1) is 20.1 Å². The summed E-state index contributed by atoms with van der Waals surface area (Å²) in [7, 11) is 0. The molecule has 1 unspecified atom stereocenters. The van der Waals surface area contributed by atoms with Gasteiger partial charge >= 0.3 is 0 Å². The lowest BCUT2D eigenvalue weighted by Crippen LogP contribution is -2.49. The minimum atomic E-state index is -1.12. The number of benzene rings is 2. The van der Waals surface area contributed by atoms with Gasteiger partial charge in [0.1, 0.15) is 6.34 Å². The van der Waals surface area contributed by atoms with E-state index >= 15 is 0 Å². The van der Waals surface area contributed by atoms with Crippen LogP contribution < -0.4 is 22.7 Å². The highest BCUT2D eigenvalue weighted by Crippen LogP contribution is 2.42. The summed E-state index contributed by atoms with van der Waals surface area (Å²) in [5.74, 6) is -1.12. The van der Waals surface area contributed by atoms with E-state index in [2.05, 4.69) is 15.8 Å². The molecule has 0 aliphatic carbocycles. The van der Waals surface area contributed by atoms with E-state index < -0.39 is 5.79 Å². The van der Waals surface area contributed by atoms with E-state index in [1.807, 2.05) is 0 Å². The van der Waals surface area contributed by atoms with Gasteiger partial charge in [0.25, 0.3) is 0 Å². The summed E-state index contributed by atoms with van der Waals surface area (Å²) in [6.07, 6.45) is 1.46. The topological polar surface area (TPSA) is 97.4 Å². The summed E-state index contributed by atoms with van der Waals surface area (Å²) in [6.45, 7) is 0. The summed E-state index contributed by atoms with van der Waals surface area (Å²) in [5.41, 5.74) is 13.5. The quantitative estimate of drug-likeness (QED) is 0.611. The molecule has 0 saturated carbocycles. The molecular formula is C14H13Cl4N5. The molecule has 5 nitrogen and oxygen atoms in total. The maximum atomic E-state index is 6.39. The Labute approximate surface area is 153 Å². The average molecular weight is 393 g/mol. The number of hydrazine groups is 1. The monoisotopic (exact) mass is 391 g/mol. The highest BCUT2D eigenvalue weighted by atomic mass is 35.5. The van der Waals surface area contributed by atoms with Crippen LogP contribution in [0.5, 0.6) is 0 Å². The second-order valence-corrected chi connectivity index (χ2v) is 6.31. The molecular weight excluding hydrogens is 380 g/mol. The molecule has 0 aromatic heterocycles. The lowest BCUT2D eigenvalue weighted by Gasteiger charge is -2.22. The van der Waals surface area contributed by atoms with Crippen molar-refractivity contribution in [2.45, 2.75) is 5.79 Å². The molecule has 1 aliphatic heterocycles. The van der Waals surface area contributed by atoms with E-state index in [0.717, 1.165) is 0 Å². The summed E-state index contributed by atoms with van der Waals surface area (Å²) < 4.78 is 0. The second-order valence-electron chi connectivity index (χ2n) is 4.71. The van der Waals surface area contributed by atoms with Crippen LogP contribution in [0.3, 0.4) is 0 Å². The Kier molecular flexibility index (Phi) is 5.43. The Hall–Kier alpha value is -1.05. The summed E-state index contributed by atoms with van der Waals surface area (Å²) >= 11 is 25.1. The normalized spacial score (nSPS) is 19.3. The van der Waals surface area contributed by atoms with Crippen molar-refractivity contribution in [3.63, 3.8) is 0 Å². The van der Waals surface area contributed by atoms with Crippen LogP contribution in [0.2, 0.25) is 20.1 Å². The fourth-order valence-corrected chi connectivity index (χ4v) is 3.29. The van der Waals surface area contributed by atoms with E-state index in [1.54, 1.807) is 30.3 Å². The fraction of sp³-hybridized carbons (Fsp3) is 0.0714. The van der Waals surface area contributed by atoms with Crippen LogP contribution in [0.15, 0.2) is 35.3 Å². The van der Waals surface area contributed by atoms with Crippen molar-refractivity contribution in [1.29, 1.82) is 0 Å². The molecule has 3 rings (SSSR count). The number of halogens is 4. The van der Waals surface area contributed by atoms with E-state index in [0.29, 0.717) is 36.8 Å². The number of rotatable bonds is 2. The third-order valence-electron chi connectivity index (χ3n) is 3.30. The molecule has 0 amide bonds. The standard InChI is InChI=1S/C14H10Cl4N4.H3N/c15-9-3-1-2-8(13(9)18)12-10(16)4-7(5-11(12)17)14(19)20-6-21-22-14;/h1-6,22H,19H2,(H,20,21);1H3. The fourth-order valence-electron chi connectivity index (χ4n) is 2.20. The Morgan fingerprint density at radius 1 is 1.00 bits per heavy atom. The predicted molar refractivity (Wildman–Crippen MR) is 97.6 cm³/mol. The van der Waals surface area contributed by atoms with Crippen molar-refractivity contribution in [2.24, 2.45) is 10.7 Å². The van der Waals surface area contributed by atoms with Crippen molar-refractivity contribution >= 4 is 52.7 Å². The van der Waals surface area contributed by atoms with E-state index in [9.17, 15) is 0 Å². The molecule has 0 bridgehead atoms. The minimum absolute atomic E-state index is 0. The van der Waals surface area contributed by atoms with Crippen molar-refractivity contribution in [1.82, 2.24) is 17.0 Å². The minimum Gasteiger partial charge on any atom is -0.344 e. The summed E-state index contributed by atoms with van der Waals surface area (Å²) in [6, 6.07) is 8.66. The van der Waals surface area contributed by atoms with Crippen LogP contribution in [0.1, 0.15) is 5.56 Å². The third-order valence-corrected chi connectivity index (χ3v) is 4.71. The molecule has 1 aliphatic rings. The van der Waals surface area contributed by atoms with Gasteiger partial charge < -0.3 is 11.6 Å². The van der Waals surface area contributed by atoms with Gasteiger partial charge in [-0.2, -0.15) is 5.43 Å². The molecule has 0 radical (unpaired) electrons. The van der Waals surface area contributed by atoms with Crippen LogP contribution in [0, 0.1) is 0 Å². The van der Waals surface area contributed by atoms with E-state index in [4.69, 9.17) is 52.1 Å². The zero-order valence-electron chi connectivity index (χ0n) is 11.7. The van der Waals surface area contributed by atoms with Gasteiger partial charge in [-0.1, -0.05) is 58.5 Å². The highest BCUT2D eigenvalue weighted by molar-refractivity contribution is 6.45. The Balaban J connectivity index is 0.00000192. The first kappa shape index (κ1) is 18.3. The van der Waals surface area contributed by atoms with Crippen molar-refractivity contribution in [3.8, 4) is 11.1 Å². The SMILES string of the molecule is N.NC1(c2cc(Cl)c(-c3cccc(Cl)c3Cl)c(Cl)c2)N=CNN1. The molecule has 0 fully saturated rings. The van der Waals surface area contributed by atoms with Gasteiger partial charge in [-0.25, -0.2) is 4.99 Å². The molecule has 122 valence electrons. The molecule has 7 N–H and O–H groups in total. The Morgan fingerprint density at radius 3 is 2.22 bits per heavy atom. The van der Waals surface area contributed by atoms with E-state index in [-0.39, 0.29) is 6.15 Å². The number of nitrogens with zero attached hydrogens (tertiary/aromatic N) is 1. The molecule has 0 spiro atoms. The molecule has 1 atom stereocenters.